The Labute approximate surface area is 84.5 Å². The fourth-order valence-electron chi connectivity index (χ4n) is 0.996. The van der Waals surface area contributed by atoms with Gasteiger partial charge in [0.15, 0.2) is 0 Å². The van der Waals surface area contributed by atoms with E-state index in [4.69, 9.17) is 5.11 Å². The van der Waals surface area contributed by atoms with Crippen molar-refractivity contribution in [3.63, 3.8) is 0 Å². The summed E-state index contributed by atoms with van der Waals surface area (Å²) in [7, 11) is 1.83. The van der Waals surface area contributed by atoms with E-state index >= 15 is 0 Å². The first-order valence-corrected chi connectivity index (χ1v) is 5.95. The Hall–Kier alpha value is -0.220. The van der Waals surface area contributed by atoms with Gasteiger partial charge in [0.25, 0.3) is 0 Å². The highest BCUT2D eigenvalue weighted by Gasteiger charge is 2.05. The Kier molecular flexibility index (Phi) is 8.24. The van der Waals surface area contributed by atoms with E-state index in [-0.39, 0.29) is 12.5 Å². The first-order chi connectivity index (χ1) is 6.22. The van der Waals surface area contributed by atoms with Gasteiger partial charge in [0, 0.05) is 20.2 Å². The van der Waals surface area contributed by atoms with Gasteiger partial charge < -0.3 is 10.0 Å². The average molecular weight is 205 g/mol. The first kappa shape index (κ1) is 12.8. The maximum atomic E-state index is 11.3. The fourth-order valence-corrected chi connectivity index (χ4v) is 1.46. The zero-order chi connectivity index (χ0) is 10.1. The quantitative estimate of drug-likeness (QED) is 0.630. The van der Waals surface area contributed by atoms with Gasteiger partial charge in [-0.3, -0.25) is 4.79 Å². The second-order valence-corrected chi connectivity index (χ2v) is 3.90. The Morgan fingerprint density at radius 2 is 2.08 bits per heavy atom. The zero-order valence-corrected chi connectivity index (χ0v) is 9.27. The molecule has 0 spiro atoms. The summed E-state index contributed by atoms with van der Waals surface area (Å²) in [5.74, 6) is 0.757. The number of hydrogen-bond acceptors (Lipinski definition) is 3. The van der Waals surface area contributed by atoms with Crippen molar-refractivity contribution in [2.24, 2.45) is 0 Å². The lowest BCUT2D eigenvalue weighted by molar-refractivity contribution is -0.127. The molecule has 0 bridgehead atoms. The van der Waals surface area contributed by atoms with Crippen LogP contribution in [0.4, 0.5) is 0 Å². The molecule has 0 aliphatic carbocycles. The van der Waals surface area contributed by atoms with E-state index in [2.05, 4.69) is 0 Å². The number of nitrogens with zero attached hydrogens (tertiary/aromatic N) is 1. The molecule has 0 aliphatic rings. The summed E-state index contributed by atoms with van der Waals surface area (Å²) in [5.41, 5.74) is 0. The SMILES string of the molecule is CSCC(=O)N(C)CCCCCO. The molecule has 0 aliphatic heterocycles. The van der Waals surface area contributed by atoms with Crippen molar-refractivity contribution in [2.45, 2.75) is 19.3 Å². The van der Waals surface area contributed by atoms with Crippen LogP contribution in [0.25, 0.3) is 0 Å². The molecule has 1 N–H and O–H groups in total. The molecule has 0 saturated carbocycles. The van der Waals surface area contributed by atoms with Crippen LogP contribution in [0.15, 0.2) is 0 Å². The van der Waals surface area contributed by atoms with Crippen molar-refractivity contribution < 1.29 is 9.90 Å². The largest absolute Gasteiger partial charge is 0.396 e. The van der Waals surface area contributed by atoms with E-state index < -0.39 is 0 Å². The molecule has 4 heteroatoms. The zero-order valence-electron chi connectivity index (χ0n) is 8.45. The van der Waals surface area contributed by atoms with Crippen LogP contribution < -0.4 is 0 Å². The number of hydrogen-bond donors (Lipinski definition) is 1. The minimum absolute atomic E-state index is 0.191. The van der Waals surface area contributed by atoms with E-state index in [1.54, 1.807) is 16.7 Å². The van der Waals surface area contributed by atoms with Crippen LogP contribution in [0.3, 0.4) is 0 Å². The van der Waals surface area contributed by atoms with E-state index in [0.29, 0.717) is 5.75 Å². The summed E-state index contributed by atoms with van der Waals surface area (Å²) < 4.78 is 0. The molecular weight excluding hydrogens is 186 g/mol. The van der Waals surface area contributed by atoms with Gasteiger partial charge in [-0.2, -0.15) is 11.8 Å². The number of thioether (sulfide) groups is 1. The van der Waals surface area contributed by atoms with Crippen molar-refractivity contribution in [1.29, 1.82) is 0 Å². The van der Waals surface area contributed by atoms with Gasteiger partial charge in [-0.05, 0) is 25.5 Å². The van der Waals surface area contributed by atoms with Crippen molar-refractivity contribution in [2.75, 3.05) is 32.2 Å². The molecule has 0 fully saturated rings. The van der Waals surface area contributed by atoms with Crippen molar-refractivity contribution in [3.8, 4) is 0 Å². The van der Waals surface area contributed by atoms with Gasteiger partial charge >= 0.3 is 0 Å². The minimum Gasteiger partial charge on any atom is -0.396 e. The lowest BCUT2D eigenvalue weighted by atomic mass is 10.2. The van der Waals surface area contributed by atoms with Gasteiger partial charge in [0.05, 0.1) is 5.75 Å². The molecule has 13 heavy (non-hydrogen) atoms. The van der Waals surface area contributed by atoms with Gasteiger partial charge in [-0.1, -0.05) is 0 Å². The highest BCUT2D eigenvalue weighted by atomic mass is 32.2. The molecule has 3 nitrogen and oxygen atoms in total. The molecule has 0 atom stereocenters. The highest BCUT2D eigenvalue weighted by Crippen LogP contribution is 2.00. The molecule has 0 saturated heterocycles. The summed E-state index contributed by atoms with van der Waals surface area (Å²) in [5, 5.41) is 8.54. The minimum atomic E-state index is 0.191. The third kappa shape index (κ3) is 6.90. The van der Waals surface area contributed by atoms with Crippen LogP contribution in [-0.2, 0) is 4.79 Å². The number of rotatable bonds is 7. The molecule has 0 heterocycles. The number of carbonyl (C=O) groups is 1. The molecular formula is C9H19NO2S. The van der Waals surface area contributed by atoms with Crippen molar-refractivity contribution >= 4 is 17.7 Å². The van der Waals surface area contributed by atoms with Crippen LogP contribution in [0.5, 0.6) is 0 Å². The summed E-state index contributed by atoms with van der Waals surface area (Å²) in [6.45, 7) is 1.06. The summed E-state index contributed by atoms with van der Waals surface area (Å²) in [6, 6.07) is 0. The van der Waals surface area contributed by atoms with Crippen LogP contribution in [0.2, 0.25) is 0 Å². The van der Waals surface area contributed by atoms with Gasteiger partial charge in [-0.25, -0.2) is 0 Å². The predicted molar refractivity (Wildman–Crippen MR) is 57.0 cm³/mol. The van der Waals surface area contributed by atoms with Crippen LogP contribution in [0.1, 0.15) is 19.3 Å². The summed E-state index contributed by atoms with van der Waals surface area (Å²) in [4.78, 5) is 13.0. The van der Waals surface area contributed by atoms with Gasteiger partial charge in [0.2, 0.25) is 5.91 Å². The Bertz CT molecular complexity index is 142. The van der Waals surface area contributed by atoms with Crippen LogP contribution in [0, 0.1) is 0 Å². The molecule has 78 valence electrons. The number of aliphatic hydroxyl groups excluding tert-OH is 1. The average Bonchev–Trinajstić information content (AvgIpc) is 2.12. The normalized spacial score (nSPS) is 10.1. The Morgan fingerprint density at radius 3 is 2.62 bits per heavy atom. The fraction of sp³-hybridized carbons (Fsp3) is 0.889. The number of aliphatic hydroxyl groups is 1. The summed E-state index contributed by atoms with van der Waals surface area (Å²) in [6.07, 6.45) is 4.74. The molecule has 0 aromatic rings. The lowest BCUT2D eigenvalue weighted by Crippen LogP contribution is -2.29. The van der Waals surface area contributed by atoms with Crippen molar-refractivity contribution in [1.82, 2.24) is 4.90 Å². The van der Waals surface area contributed by atoms with Crippen molar-refractivity contribution in [3.05, 3.63) is 0 Å². The maximum absolute atomic E-state index is 11.3. The third-order valence-electron chi connectivity index (χ3n) is 1.85. The standard InChI is InChI=1S/C9H19NO2S/c1-10(9(12)8-13-2)6-4-3-5-7-11/h11H,3-8H2,1-2H3. The van der Waals surface area contributed by atoms with Crippen LogP contribution in [-0.4, -0.2) is 48.1 Å². The lowest BCUT2D eigenvalue weighted by Gasteiger charge is -2.16. The maximum Gasteiger partial charge on any atom is 0.232 e. The number of carbonyl (C=O) groups excluding carboxylic acids is 1. The highest BCUT2D eigenvalue weighted by molar-refractivity contribution is 7.99. The Morgan fingerprint density at radius 1 is 1.38 bits per heavy atom. The number of amides is 1. The monoisotopic (exact) mass is 205 g/mol. The molecule has 0 unspecified atom stereocenters. The predicted octanol–water partition coefficient (Wildman–Crippen LogP) is 0.970. The molecule has 0 aromatic carbocycles. The second kappa shape index (κ2) is 8.38. The topological polar surface area (TPSA) is 40.5 Å². The second-order valence-electron chi connectivity index (χ2n) is 3.03. The third-order valence-corrected chi connectivity index (χ3v) is 2.38. The Balaban J connectivity index is 3.38. The first-order valence-electron chi connectivity index (χ1n) is 4.56. The molecule has 0 aromatic heterocycles. The van der Waals surface area contributed by atoms with Gasteiger partial charge in [-0.15, -0.1) is 0 Å². The summed E-state index contributed by atoms with van der Waals surface area (Å²) >= 11 is 1.55. The van der Waals surface area contributed by atoms with E-state index in [1.807, 2.05) is 13.3 Å². The molecule has 0 radical (unpaired) electrons. The van der Waals surface area contributed by atoms with E-state index in [9.17, 15) is 4.79 Å². The van der Waals surface area contributed by atoms with Crippen LogP contribution >= 0.6 is 11.8 Å². The van der Waals surface area contributed by atoms with Gasteiger partial charge in [0.1, 0.15) is 0 Å². The van der Waals surface area contributed by atoms with E-state index in [0.717, 1.165) is 25.8 Å². The molecule has 1 amide bonds. The number of unbranched alkanes of at least 4 members (excludes halogenated alkanes) is 2. The smallest absolute Gasteiger partial charge is 0.232 e. The van der Waals surface area contributed by atoms with E-state index in [1.165, 1.54) is 0 Å². The molecule has 0 rings (SSSR count).